The minimum Gasteiger partial charge on any atom is -0.496 e. The van der Waals surface area contributed by atoms with Crippen molar-refractivity contribution in [3.05, 3.63) is 29.8 Å². The summed E-state index contributed by atoms with van der Waals surface area (Å²) in [5, 5.41) is 3.53. The van der Waals surface area contributed by atoms with Gasteiger partial charge in [-0.1, -0.05) is 32.0 Å². The molecule has 0 radical (unpaired) electrons. The predicted octanol–water partition coefficient (Wildman–Crippen LogP) is 3.15. The number of rotatable bonds is 6. The second-order valence-corrected chi connectivity index (χ2v) is 3.66. The van der Waals surface area contributed by atoms with Crippen LogP contribution in [0.5, 0.6) is 5.75 Å². The molecule has 15 heavy (non-hydrogen) atoms. The lowest BCUT2D eigenvalue weighted by Gasteiger charge is -2.19. The van der Waals surface area contributed by atoms with Crippen LogP contribution in [-0.2, 0) is 0 Å². The van der Waals surface area contributed by atoms with Gasteiger partial charge in [-0.3, -0.25) is 0 Å². The second-order valence-electron chi connectivity index (χ2n) is 3.66. The van der Waals surface area contributed by atoms with E-state index >= 15 is 0 Å². The van der Waals surface area contributed by atoms with Gasteiger partial charge in [0.05, 0.1) is 7.11 Å². The summed E-state index contributed by atoms with van der Waals surface area (Å²) in [5.41, 5.74) is 1.26. The van der Waals surface area contributed by atoms with E-state index in [1.54, 1.807) is 7.11 Å². The van der Waals surface area contributed by atoms with Gasteiger partial charge in [-0.2, -0.15) is 0 Å². The zero-order valence-electron chi connectivity index (χ0n) is 9.92. The predicted molar refractivity (Wildman–Crippen MR) is 64.3 cm³/mol. The molecule has 84 valence electrons. The van der Waals surface area contributed by atoms with Gasteiger partial charge in [0.1, 0.15) is 5.75 Å². The molecule has 0 aromatic heterocycles. The van der Waals surface area contributed by atoms with Crippen molar-refractivity contribution in [1.82, 2.24) is 5.32 Å². The van der Waals surface area contributed by atoms with E-state index in [9.17, 15) is 0 Å². The molecule has 2 nitrogen and oxygen atoms in total. The first-order valence-electron chi connectivity index (χ1n) is 5.69. The molecule has 0 bridgehead atoms. The summed E-state index contributed by atoms with van der Waals surface area (Å²) >= 11 is 0. The number of hydrogen-bond acceptors (Lipinski definition) is 2. The summed E-state index contributed by atoms with van der Waals surface area (Å²) in [6.45, 7) is 5.43. The van der Waals surface area contributed by atoms with Gasteiger partial charge in [-0.05, 0) is 25.5 Å². The fourth-order valence-electron chi connectivity index (χ4n) is 1.75. The van der Waals surface area contributed by atoms with E-state index in [0.717, 1.165) is 25.1 Å². The van der Waals surface area contributed by atoms with Gasteiger partial charge < -0.3 is 10.1 Å². The number of hydrogen-bond donors (Lipinski definition) is 1. The van der Waals surface area contributed by atoms with Crippen LogP contribution in [0.1, 0.15) is 38.3 Å². The topological polar surface area (TPSA) is 21.3 Å². The molecule has 0 spiro atoms. The highest BCUT2D eigenvalue weighted by Crippen LogP contribution is 2.26. The minimum absolute atomic E-state index is 0.404. The molecule has 0 fully saturated rings. The van der Waals surface area contributed by atoms with Gasteiger partial charge in [-0.25, -0.2) is 0 Å². The maximum atomic E-state index is 5.37. The van der Waals surface area contributed by atoms with E-state index < -0.39 is 0 Å². The minimum atomic E-state index is 0.404. The number of para-hydroxylation sites is 1. The Bertz CT molecular complexity index is 286. The Morgan fingerprint density at radius 1 is 1.27 bits per heavy atom. The van der Waals surface area contributed by atoms with E-state index in [2.05, 4.69) is 31.3 Å². The molecule has 1 rings (SSSR count). The molecule has 1 N–H and O–H groups in total. The quantitative estimate of drug-likeness (QED) is 0.773. The molecule has 0 aliphatic heterocycles. The zero-order valence-corrected chi connectivity index (χ0v) is 9.92. The summed E-state index contributed by atoms with van der Waals surface area (Å²) in [6.07, 6.45) is 2.24. The second kappa shape index (κ2) is 6.46. The van der Waals surface area contributed by atoms with Gasteiger partial charge in [0, 0.05) is 11.6 Å². The number of nitrogens with one attached hydrogen (secondary N) is 1. The summed E-state index contributed by atoms with van der Waals surface area (Å²) in [4.78, 5) is 0. The first-order chi connectivity index (χ1) is 7.33. The van der Waals surface area contributed by atoms with Gasteiger partial charge in [-0.15, -0.1) is 0 Å². The number of benzene rings is 1. The first kappa shape index (κ1) is 12.1. The standard InChI is InChI=1S/C13H21NO/c1-4-10-14-12(5-2)11-8-6-7-9-13(11)15-3/h6-9,12,14H,4-5,10H2,1-3H3. The van der Waals surface area contributed by atoms with E-state index in [1.165, 1.54) is 5.56 Å². The van der Waals surface area contributed by atoms with Crippen molar-refractivity contribution in [2.24, 2.45) is 0 Å². The lowest BCUT2D eigenvalue weighted by molar-refractivity contribution is 0.397. The third-order valence-electron chi connectivity index (χ3n) is 2.56. The molecule has 0 heterocycles. The van der Waals surface area contributed by atoms with E-state index in [-0.39, 0.29) is 0 Å². The van der Waals surface area contributed by atoms with E-state index in [1.807, 2.05) is 12.1 Å². The van der Waals surface area contributed by atoms with Crippen molar-refractivity contribution >= 4 is 0 Å². The summed E-state index contributed by atoms with van der Waals surface area (Å²) in [6, 6.07) is 8.63. The van der Waals surface area contributed by atoms with Gasteiger partial charge in [0.15, 0.2) is 0 Å². The van der Waals surface area contributed by atoms with Crippen molar-refractivity contribution in [3.63, 3.8) is 0 Å². The van der Waals surface area contributed by atoms with Crippen LogP contribution in [0.4, 0.5) is 0 Å². The molecular weight excluding hydrogens is 186 g/mol. The first-order valence-corrected chi connectivity index (χ1v) is 5.69. The van der Waals surface area contributed by atoms with Gasteiger partial charge >= 0.3 is 0 Å². The largest absolute Gasteiger partial charge is 0.496 e. The highest BCUT2D eigenvalue weighted by Gasteiger charge is 2.12. The normalized spacial score (nSPS) is 12.5. The van der Waals surface area contributed by atoms with E-state index in [4.69, 9.17) is 4.74 Å². The van der Waals surface area contributed by atoms with Crippen LogP contribution in [0.25, 0.3) is 0 Å². The van der Waals surface area contributed by atoms with Crippen LogP contribution < -0.4 is 10.1 Å². The summed E-state index contributed by atoms with van der Waals surface area (Å²) in [5.74, 6) is 0.980. The Morgan fingerprint density at radius 3 is 2.60 bits per heavy atom. The average Bonchev–Trinajstić information content (AvgIpc) is 2.30. The summed E-state index contributed by atoms with van der Waals surface area (Å²) in [7, 11) is 1.73. The molecule has 2 heteroatoms. The van der Waals surface area contributed by atoms with Crippen molar-refractivity contribution in [2.45, 2.75) is 32.7 Å². The molecule has 1 aromatic rings. The Hall–Kier alpha value is -1.02. The highest BCUT2D eigenvalue weighted by molar-refractivity contribution is 5.35. The van der Waals surface area contributed by atoms with E-state index in [0.29, 0.717) is 6.04 Å². The number of methoxy groups -OCH3 is 1. The third-order valence-corrected chi connectivity index (χ3v) is 2.56. The van der Waals surface area contributed by atoms with Crippen LogP contribution in [0.2, 0.25) is 0 Å². The van der Waals surface area contributed by atoms with Crippen LogP contribution in [0.3, 0.4) is 0 Å². The smallest absolute Gasteiger partial charge is 0.123 e. The van der Waals surface area contributed by atoms with Gasteiger partial charge in [0.25, 0.3) is 0 Å². The molecule has 1 unspecified atom stereocenters. The van der Waals surface area contributed by atoms with Crippen molar-refractivity contribution in [2.75, 3.05) is 13.7 Å². The fraction of sp³-hybridized carbons (Fsp3) is 0.538. The van der Waals surface area contributed by atoms with Crippen molar-refractivity contribution in [1.29, 1.82) is 0 Å². The lowest BCUT2D eigenvalue weighted by atomic mass is 10.0. The maximum absolute atomic E-state index is 5.37. The van der Waals surface area contributed by atoms with Crippen LogP contribution in [-0.4, -0.2) is 13.7 Å². The highest BCUT2D eigenvalue weighted by atomic mass is 16.5. The fourth-order valence-corrected chi connectivity index (χ4v) is 1.75. The zero-order chi connectivity index (χ0) is 11.1. The monoisotopic (exact) mass is 207 g/mol. The SMILES string of the molecule is CCCNC(CC)c1ccccc1OC. The molecule has 0 aliphatic carbocycles. The van der Waals surface area contributed by atoms with Crippen LogP contribution >= 0.6 is 0 Å². The number of ether oxygens (including phenoxy) is 1. The Morgan fingerprint density at radius 2 is 2.00 bits per heavy atom. The third kappa shape index (κ3) is 3.24. The Labute approximate surface area is 92.6 Å². The molecule has 0 saturated heterocycles. The molecule has 0 amide bonds. The Balaban J connectivity index is 2.80. The molecule has 0 saturated carbocycles. The van der Waals surface area contributed by atoms with Crippen LogP contribution in [0, 0.1) is 0 Å². The molecule has 0 aliphatic rings. The van der Waals surface area contributed by atoms with Crippen molar-refractivity contribution < 1.29 is 4.74 Å². The van der Waals surface area contributed by atoms with Crippen molar-refractivity contribution in [3.8, 4) is 5.75 Å². The molecular formula is C13H21NO. The summed E-state index contributed by atoms with van der Waals surface area (Å²) < 4.78 is 5.37. The average molecular weight is 207 g/mol. The van der Waals surface area contributed by atoms with Crippen LogP contribution in [0.15, 0.2) is 24.3 Å². The van der Waals surface area contributed by atoms with Gasteiger partial charge in [0.2, 0.25) is 0 Å². The Kier molecular flexibility index (Phi) is 5.19. The molecule has 1 atom stereocenters. The maximum Gasteiger partial charge on any atom is 0.123 e. The lowest BCUT2D eigenvalue weighted by Crippen LogP contribution is -2.21. The molecule has 1 aromatic carbocycles.